The number of hydrogen-bond acceptors (Lipinski definition) is 3. The predicted molar refractivity (Wildman–Crippen MR) is 57.3 cm³/mol. The maximum absolute atomic E-state index is 11.1. The molecule has 0 heterocycles. The molecule has 0 aromatic heterocycles. The Morgan fingerprint density at radius 2 is 2.07 bits per heavy atom. The summed E-state index contributed by atoms with van der Waals surface area (Å²) in [6, 6.07) is 0. The van der Waals surface area contributed by atoms with Crippen molar-refractivity contribution in [3.05, 3.63) is 0 Å². The number of hydrogen-bond donors (Lipinski definition) is 1. The molecule has 0 saturated carbocycles. The Hall–Kier alpha value is -1.06. The maximum Gasteiger partial charge on any atom is 0.313 e. The molecule has 2 N–H and O–H groups in total. The van der Waals surface area contributed by atoms with Crippen molar-refractivity contribution in [2.24, 2.45) is 10.7 Å². The first kappa shape index (κ1) is 12.9. The van der Waals surface area contributed by atoms with Gasteiger partial charge in [0.15, 0.2) is 0 Å². The van der Waals surface area contributed by atoms with E-state index in [-0.39, 0.29) is 12.4 Å². The van der Waals surface area contributed by atoms with Gasteiger partial charge in [0.1, 0.15) is 12.3 Å². The maximum atomic E-state index is 11.1. The number of rotatable bonds is 7. The van der Waals surface area contributed by atoms with Crippen LogP contribution in [0, 0.1) is 0 Å². The minimum Gasteiger partial charge on any atom is -0.465 e. The minimum absolute atomic E-state index is 0.115. The van der Waals surface area contributed by atoms with Gasteiger partial charge in [-0.15, -0.1) is 0 Å². The molecular weight excluding hydrogens is 180 g/mol. The zero-order chi connectivity index (χ0) is 10.8. The van der Waals surface area contributed by atoms with Gasteiger partial charge in [0.2, 0.25) is 0 Å². The van der Waals surface area contributed by atoms with E-state index in [1.807, 2.05) is 13.8 Å². The number of aliphatic imine (C=N–C) groups is 1. The van der Waals surface area contributed by atoms with Gasteiger partial charge in [0, 0.05) is 6.54 Å². The van der Waals surface area contributed by atoms with Crippen LogP contribution in [0.1, 0.15) is 39.5 Å². The van der Waals surface area contributed by atoms with Crippen molar-refractivity contribution >= 4 is 11.8 Å². The molecule has 4 nitrogen and oxygen atoms in total. The number of nitrogens with two attached hydrogens (primary N) is 1. The lowest BCUT2D eigenvalue weighted by atomic mass is 10.3. The zero-order valence-corrected chi connectivity index (χ0v) is 9.08. The quantitative estimate of drug-likeness (QED) is 0.293. The van der Waals surface area contributed by atoms with Crippen molar-refractivity contribution in [1.82, 2.24) is 0 Å². The van der Waals surface area contributed by atoms with Gasteiger partial charge >= 0.3 is 5.97 Å². The molecule has 4 heteroatoms. The van der Waals surface area contributed by atoms with Gasteiger partial charge in [0.25, 0.3) is 0 Å². The van der Waals surface area contributed by atoms with Gasteiger partial charge in [-0.25, -0.2) is 0 Å². The molecule has 0 aliphatic carbocycles. The lowest BCUT2D eigenvalue weighted by molar-refractivity contribution is -0.142. The van der Waals surface area contributed by atoms with E-state index in [0.29, 0.717) is 19.0 Å². The molecule has 0 radical (unpaired) electrons. The Bertz CT molecular complexity index is 191. The standard InChI is InChI=1S/C10H20N2O2/c1-3-5-7-14-10(13)8-9(11)12-6-4-2/h3-8H2,1-2H3,(H2,11,12). The summed E-state index contributed by atoms with van der Waals surface area (Å²) in [6.45, 7) is 5.21. The average Bonchev–Trinajstić information content (AvgIpc) is 2.15. The molecule has 0 aromatic carbocycles. The summed E-state index contributed by atoms with van der Waals surface area (Å²) in [5.74, 6) is 0.0872. The number of carbonyl (C=O) groups is 1. The summed E-state index contributed by atoms with van der Waals surface area (Å²) in [4.78, 5) is 15.1. The molecule has 0 unspecified atom stereocenters. The molecule has 0 atom stereocenters. The number of amidine groups is 1. The molecule has 0 spiro atoms. The van der Waals surface area contributed by atoms with Crippen LogP contribution in [0.5, 0.6) is 0 Å². The van der Waals surface area contributed by atoms with Crippen LogP contribution >= 0.6 is 0 Å². The Morgan fingerprint density at radius 3 is 2.64 bits per heavy atom. The molecule has 0 rings (SSSR count). The second-order valence-electron chi connectivity index (χ2n) is 3.12. The fourth-order valence-corrected chi connectivity index (χ4v) is 0.841. The van der Waals surface area contributed by atoms with Crippen LogP contribution in [-0.2, 0) is 9.53 Å². The summed E-state index contributed by atoms with van der Waals surface area (Å²) >= 11 is 0. The fraction of sp³-hybridized carbons (Fsp3) is 0.800. The van der Waals surface area contributed by atoms with Crippen LogP contribution in [0.15, 0.2) is 4.99 Å². The van der Waals surface area contributed by atoms with Gasteiger partial charge in [-0.2, -0.15) is 0 Å². The van der Waals surface area contributed by atoms with Crippen molar-refractivity contribution in [2.45, 2.75) is 39.5 Å². The van der Waals surface area contributed by atoms with E-state index in [2.05, 4.69) is 4.99 Å². The number of ether oxygens (including phenoxy) is 1. The number of nitrogens with zero attached hydrogens (tertiary/aromatic N) is 1. The van der Waals surface area contributed by atoms with E-state index in [0.717, 1.165) is 19.3 Å². The Labute approximate surface area is 85.5 Å². The molecular formula is C10H20N2O2. The van der Waals surface area contributed by atoms with Gasteiger partial charge in [-0.05, 0) is 12.8 Å². The Morgan fingerprint density at radius 1 is 1.36 bits per heavy atom. The molecule has 0 aliphatic rings. The van der Waals surface area contributed by atoms with Crippen molar-refractivity contribution in [3.8, 4) is 0 Å². The Kier molecular flexibility index (Phi) is 7.89. The topological polar surface area (TPSA) is 64.7 Å². The molecule has 0 aromatic rings. The minimum atomic E-state index is -0.282. The first-order valence-corrected chi connectivity index (χ1v) is 5.15. The lowest BCUT2D eigenvalue weighted by Crippen LogP contribution is -2.19. The van der Waals surface area contributed by atoms with Crippen LogP contribution in [0.4, 0.5) is 0 Å². The highest BCUT2D eigenvalue weighted by atomic mass is 16.5. The molecule has 82 valence electrons. The molecule has 0 bridgehead atoms. The van der Waals surface area contributed by atoms with Crippen LogP contribution in [0.2, 0.25) is 0 Å². The Balaban J connectivity index is 3.60. The first-order chi connectivity index (χ1) is 6.70. The number of esters is 1. The van der Waals surface area contributed by atoms with Crippen molar-refractivity contribution < 1.29 is 9.53 Å². The molecule has 0 saturated heterocycles. The molecule has 0 amide bonds. The van der Waals surface area contributed by atoms with E-state index < -0.39 is 0 Å². The van der Waals surface area contributed by atoms with Gasteiger partial charge in [-0.3, -0.25) is 9.79 Å². The second-order valence-corrected chi connectivity index (χ2v) is 3.12. The van der Waals surface area contributed by atoms with E-state index >= 15 is 0 Å². The van der Waals surface area contributed by atoms with Gasteiger partial charge < -0.3 is 10.5 Å². The van der Waals surface area contributed by atoms with Crippen LogP contribution in [0.3, 0.4) is 0 Å². The van der Waals surface area contributed by atoms with Crippen LogP contribution in [-0.4, -0.2) is 25.0 Å². The summed E-state index contributed by atoms with van der Waals surface area (Å²) in [5.41, 5.74) is 5.51. The van der Waals surface area contributed by atoms with Crippen molar-refractivity contribution in [3.63, 3.8) is 0 Å². The zero-order valence-electron chi connectivity index (χ0n) is 9.08. The summed E-state index contributed by atoms with van der Waals surface area (Å²) < 4.78 is 4.93. The predicted octanol–water partition coefficient (Wildman–Crippen LogP) is 1.49. The molecule has 0 aliphatic heterocycles. The normalized spacial score (nSPS) is 11.4. The van der Waals surface area contributed by atoms with Crippen LogP contribution < -0.4 is 5.73 Å². The van der Waals surface area contributed by atoms with Crippen molar-refractivity contribution in [2.75, 3.05) is 13.2 Å². The highest BCUT2D eigenvalue weighted by molar-refractivity contribution is 5.96. The van der Waals surface area contributed by atoms with Crippen molar-refractivity contribution in [1.29, 1.82) is 0 Å². The van der Waals surface area contributed by atoms with Crippen LogP contribution in [0.25, 0.3) is 0 Å². The fourth-order valence-electron chi connectivity index (χ4n) is 0.841. The lowest BCUT2D eigenvalue weighted by Gasteiger charge is -2.03. The number of carbonyl (C=O) groups excluding carboxylic acids is 1. The summed E-state index contributed by atoms with van der Waals surface area (Å²) in [7, 11) is 0. The summed E-state index contributed by atoms with van der Waals surface area (Å²) in [6.07, 6.45) is 2.97. The third kappa shape index (κ3) is 7.58. The highest BCUT2D eigenvalue weighted by Crippen LogP contribution is 1.92. The molecule has 14 heavy (non-hydrogen) atoms. The van der Waals surface area contributed by atoms with E-state index in [4.69, 9.17) is 10.5 Å². The summed E-state index contributed by atoms with van der Waals surface area (Å²) in [5, 5.41) is 0. The third-order valence-corrected chi connectivity index (χ3v) is 1.62. The molecule has 0 fully saturated rings. The largest absolute Gasteiger partial charge is 0.465 e. The van der Waals surface area contributed by atoms with E-state index in [1.54, 1.807) is 0 Å². The smallest absolute Gasteiger partial charge is 0.313 e. The van der Waals surface area contributed by atoms with Gasteiger partial charge in [0.05, 0.1) is 6.61 Å². The monoisotopic (exact) mass is 200 g/mol. The second kappa shape index (κ2) is 8.53. The third-order valence-electron chi connectivity index (χ3n) is 1.62. The average molecular weight is 200 g/mol. The highest BCUT2D eigenvalue weighted by Gasteiger charge is 2.04. The van der Waals surface area contributed by atoms with E-state index in [1.165, 1.54) is 0 Å². The number of unbranched alkanes of at least 4 members (excludes halogenated alkanes) is 1. The van der Waals surface area contributed by atoms with Gasteiger partial charge in [-0.1, -0.05) is 20.3 Å². The SMILES string of the molecule is CCCCOC(=O)CC(N)=NCCC. The van der Waals surface area contributed by atoms with E-state index in [9.17, 15) is 4.79 Å². The first-order valence-electron chi connectivity index (χ1n) is 5.15.